The van der Waals surface area contributed by atoms with Gasteiger partial charge in [-0.05, 0) is 49.9 Å². The Morgan fingerprint density at radius 3 is 2.50 bits per heavy atom. The van der Waals surface area contributed by atoms with Gasteiger partial charge in [-0.1, -0.05) is 12.1 Å². The van der Waals surface area contributed by atoms with E-state index in [1.54, 1.807) is 43.3 Å². The number of aromatic nitrogens is 1. The number of pyridine rings is 1. The van der Waals surface area contributed by atoms with Crippen molar-refractivity contribution in [1.29, 1.82) is 0 Å². The van der Waals surface area contributed by atoms with Crippen molar-refractivity contribution < 1.29 is 14.0 Å². The van der Waals surface area contributed by atoms with Crippen molar-refractivity contribution in [1.82, 2.24) is 20.5 Å². The van der Waals surface area contributed by atoms with Crippen LogP contribution in [0.15, 0.2) is 42.6 Å². The van der Waals surface area contributed by atoms with Crippen molar-refractivity contribution in [3.8, 4) is 11.3 Å². The summed E-state index contributed by atoms with van der Waals surface area (Å²) in [5.74, 6) is -0.486. The fraction of sp³-hybridized carbons (Fsp3) is 0.381. The number of halogens is 1. The zero-order chi connectivity index (χ0) is 20.1. The van der Waals surface area contributed by atoms with Gasteiger partial charge in [0.25, 0.3) is 5.91 Å². The summed E-state index contributed by atoms with van der Waals surface area (Å²) in [6.45, 7) is 0. The number of rotatable bonds is 4. The van der Waals surface area contributed by atoms with E-state index < -0.39 is 0 Å². The van der Waals surface area contributed by atoms with Crippen molar-refractivity contribution in [2.45, 2.75) is 37.8 Å². The molecule has 148 valence electrons. The standard InChI is InChI=1S/C21H25FN4O2/c1-23-21(28)26(2)18-9-7-17(8-10-18)25-20(27)15-6-11-19(24-13-15)14-4-3-5-16(22)12-14/h3-6,11-13,17-18H,7-10H2,1-2H3,(H,23,28)(H,25,27)/t17-,18-. The maximum Gasteiger partial charge on any atom is 0.317 e. The molecule has 0 radical (unpaired) electrons. The lowest BCUT2D eigenvalue weighted by molar-refractivity contribution is 0.0914. The molecule has 1 fully saturated rings. The third-order valence-electron chi connectivity index (χ3n) is 5.26. The van der Waals surface area contributed by atoms with E-state index in [-0.39, 0.29) is 29.8 Å². The second kappa shape index (κ2) is 8.82. The molecule has 0 bridgehead atoms. The van der Waals surface area contributed by atoms with Gasteiger partial charge < -0.3 is 15.5 Å². The molecule has 2 aromatic rings. The van der Waals surface area contributed by atoms with Crippen molar-refractivity contribution in [2.75, 3.05) is 14.1 Å². The average molecular weight is 384 g/mol. The van der Waals surface area contributed by atoms with Gasteiger partial charge in [-0.3, -0.25) is 9.78 Å². The van der Waals surface area contributed by atoms with E-state index in [1.807, 2.05) is 0 Å². The number of nitrogens with zero attached hydrogens (tertiary/aromatic N) is 2. The zero-order valence-corrected chi connectivity index (χ0v) is 16.1. The molecule has 1 aromatic heterocycles. The Kier molecular flexibility index (Phi) is 6.23. The Morgan fingerprint density at radius 2 is 1.89 bits per heavy atom. The molecule has 0 saturated heterocycles. The summed E-state index contributed by atoms with van der Waals surface area (Å²) in [4.78, 5) is 30.2. The van der Waals surface area contributed by atoms with Gasteiger partial charge in [0.15, 0.2) is 0 Å². The molecular weight excluding hydrogens is 359 g/mol. The number of nitrogens with one attached hydrogen (secondary N) is 2. The highest BCUT2D eigenvalue weighted by molar-refractivity contribution is 5.94. The summed E-state index contributed by atoms with van der Waals surface area (Å²) >= 11 is 0. The first kappa shape index (κ1) is 19.8. The summed E-state index contributed by atoms with van der Waals surface area (Å²) in [5.41, 5.74) is 1.77. The van der Waals surface area contributed by atoms with Gasteiger partial charge in [-0.2, -0.15) is 0 Å². The minimum atomic E-state index is -0.321. The first-order valence-electron chi connectivity index (χ1n) is 9.45. The maximum atomic E-state index is 13.3. The lowest BCUT2D eigenvalue weighted by Crippen LogP contribution is -2.47. The molecule has 1 heterocycles. The van der Waals surface area contributed by atoms with E-state index in [1.165, 1.54) is 18.3 Å². The van der Waals surface area contributed by atoms with E-state index >= 15 is 0 Å². The maximum absolute atomic E-state index is 13.3. The van der Waals surface area contributed by atoms with Crippen molar-refractivity contribution in [3.63, 3.8) is 0 Å². The van der Waals surface area contributed by atoms with Crippen LogP contribution in [0.1, 0.15) is 36.0 Å². The molecule has 0 aliphatic heterocycles. The molecule has 0 spiro atoms. The Labute approximate surface area is 164 Å². The number of benzene rings is 1. The number of carbonyl (C=O) groups excluding carboxylic acids is 2. The second-order valence-corrected chi connectivity index (χ2v) is 7.09. The summed E-state index contributed by atoms with van der Waals surface area (Å²) in [7, 11) is 3.42. The highest BCUT2D eigenvalue weighted by atomic mass is 19.1. The fourth-order valence-corrected chi connectivity index (χ4v) is 3.57. The molecule has 2 N–H and O–H groups in total. The summed E-state index contributed by atoms with van der Waals surface area (Å²) in [6, 6.07) is 9.82. The lowest BCUT2D eigenvalue weighted by atomic mass is 9.90. The van der Waals surface area contributed by atoms with Crippen LogP contribution in [0.5, 0.6) is 0 Å². The van der Waals surface area contributed by atoms with Crippen LogP contribution >= 0.6 is 0 Å². The smallest absolute Gasteiger partial charge is 0.317 e. The predicted octanol–water partition coefficient (Wildman–Crippen LogP) is 3.20. The van der Waals surface area contributed by atoms with Crippen LogP contribution in [0.2, 0.25) is 0 Å². The third kappa shape index (κ3) is 4.65. The minimum absolute atomic E-state index is 0.0862. The fourth-order valence-electron chi connectivity index (χ4n) is 3.57. The molecule has 1 aliphatic carbocycles. The molecule has 3 amide bonds. The molecule has 0 atom stereocenters. The van der Waals surface area contributed by atoms with Crippen molar-refractivity contribution >= 4 is 11.9 Å². The van der Waals surface area contributed by atoms with Gasteiger partial charge in [0.05, 0.1) is 11.3 Å². The van der Waals surface area contributed by atoms with Crippen LogP contribution in [-0.4, -0.2) is 48.0 Å². The normalized spacial score (nSPS) is 19.0. The number of amides is 3. The van der Waals surface area contributed by atoms with Crippen molar-refractivity contribution in [3.05, 3.63) is 54.0 Å². The van der Waals surface area contributed by atoms with Crippen LogP contribution in [0.3, 0.4) is 0 Å². The molecule has 1 aromatic carbocycles. The summed E-state index contributed by atoms with van der Waals surface area (Å²) in [5, 5.41) is 5.68. The Balaban J connectivity index is 1.55. The Bertz CT molecular complexity index is 833. The topological polar surface area (TPSA) is 74.3 Å². The van der Waals surface area contributed by atoms with Gasteiger partial charge in [0, 0.05) is 37.9 Å². The molecule has 0 unspecified atom stereocenters. The number of hydrogen-bond acceptors (Lipinski definition) is 3. The Hall–Kier alpha value is -2.96. The van der Waals surface area contributed by atoms with Gasteiger partial charge in [0.2, 0.25) is 0 Å². The van der Waals surface area contributed by atoms with Gasteiger partial charge >= 0.3 is 6.03 Å². The van der Waals surface area contributed by atoms with Crippen LogP contribution in [0.4, 0.5) is 9.18 Å². The van der Waals surface area contributed by atoms with Gasteiger partial charge in [-0.25, -0.2) is 9.18 Å². The van der Waals surface area contributed by atoms with E-state index in [4.69, 9.17) is 0 Å². The molecular formula is C21H25FN4O2. The second-order valence-electron chi connectivity index (χ2n) is 7.09. The van der Waals surface area contributed by atoms with Crippen LogP contribution in [0, 0.1) is 5.82 Å². The van der Waals surface area contributed by atoms with E-state index in [9.17, 15) is 14.0 Å². The van der Waals surface area contributed by atoms with Gasteiger partial charge in [0.1, 0.15) is 5.82 Å². The minimum Gasteiger partial charge on any atom is -0.349 e. The molecule has 1 aliphatic rings. The van der Waals surface area contributed by atoms with Crippen LogP contribution in [0.25, 0.3) is 11.3 Å². The first-order chi connectivity index (χ1) is 13.5. The SMILES string of the molecule is CNC(=O)N(C)[C@H]1CC[C@H](NC(=O)c2ccc(-c3cccc(F)c3)nc2)CC1. The zero-order valence-electron chi connectivity index (χ0n) is 16.1. The highest BCUT2D eigenvalue weighted by Crippen LogP contribution is 2.23. The lowest BCUT2D eigenvalue weighted by Gasteiger charge is -2.34. The largest absolute Gasteiger partial charge is 0.349 e. The highest BCUT2D eigenvalue weighted by Gasteiger charge is 2.27. The molecule has 7 heteroatoms. The van der Waals surface area contributed by atoms with Crippen molar-refractivity contribution in [2.24, 2.45) is 0 Å². The third-order valence-corrected chi connectivity index (χ3v) is 5.26. The monoisotopic (exact) mass is 384 g/mol. The molecule has 3 rings (SSSR count). The van der Waals surface area contributed by atoms with E-state index in [2.05, 4.69) is 15.6 Å². The van der Waals surface area contributed by atoms with Crippen LogP contribution < -0.4 is 10.6 Å². The quantitative estimate of drug-likeness (QED) is 0.850. The van der Waals surface area contributed by atoms with E-state index in [0.29, 0.717) is 16.8 Å². The number of hydrogen-bond donors (Lipinski definition) is 2. The van der Waals surface area contributed by atoms with Gasteiger partial charge in [-0.15, -0.1) is 0 Å². The number of urea groups is 1. The van der Waals surface area contributed by atoms with E-state index in [0.717, 1.165) is 25.7 Å². The predicted molar refractivity (Wildman–Crippen MR) is 105 cm³/mol. The molecule has 6 nitrogen and oxygen atoms in total. The number of carbonyl (C=O) groups is 2. The molecule has 1 saturated carbocycles. The summed E-state index contributed by atoms with van der Waals surface area (Å²) in [6.07, 6.45) is 4.87. The average Bonchev–Trinajstić information content (AvgIpc) is 2.73. The first-order valence-corrected chi connectivity index (χ1v) is 9.45. The Morgan fingerprint density at radius 1 is 1.14 bits per heavy atom. The summed E-state index contributed by atoms with van der Waals surface area (Å²) < 4.78 is 13.3. The molecule has 28 heavy (non-hydrogen) atoms. The van der Waals surface area contributed by atoms with Crippen LogP contribution in [-0.2, 0) is 0 Å².